The highest BCUT2D eigenvalue weighted by atomic mass is 32.2. The highest BCUT2D eigenvalue weighted by molar-refractivity contribution is 8.00. The quantitative estimate of drug-likeness (QED) is 0.390. The summed E-state index contributed by atoms with van der Waals surface area (Å²) in [6.07, 6.45) is 1.37. The second kappa shape index (κ2) is 10.5. The van der Waals surface area contributed by atoms with Gasteiger partial charge in [-0.2, -0.15) is 0 Å². The van der Waals surface area contributed by atoms with Gasteiger partial charge in [0.2, 0.25) is 0 Å². The molecule has 2 aliphatic heterocycles. The van der Waals surface area contributed by atoms with Crippen LogP contribution in [0.3, 0.4) is 0 Å². The Morgan fingerprint density at radius 3 is 2.08 bits per heavy atom. The molecule has 0 radical (unpaired) electrons. The monoisotopic (exact) mass is 510 g/mol. The van der Waals surface area contributed by atoms with Crippen molar-refractivity contribution in [2.24, 2.45) is 0 Å². The van der Waals surface area contributed by atoms with E-state index in [9.17, 15) is 19.7 Å². The number of carbonyl (C=O) groups excluding carboxylic acids is 2. The van der Waals surface area contributed by atoms with Gasteiger partial charge in [0, 0.05) is 48.8 Å². The third kappa shape index (κ3) is 5.07. The summed E-state index contributed by atoms with van der Waals surface area (Å²) in [6.45, 7) is 10.3. The number of nitro benzene ring substituents is 1. The number of piperidine rings is 1. The van der Waals surface area contributed by atoms with Gasteiger partial charge in [0.15, 0.2) is 0 Å². The lowest BCUT2D eigenvalue weighted by atomic mass is 9.92. The van der Waals surface area contributed by atoms with E-state index in [0.29, 0.717) is 38.0 Å². The van der Waals surface area contributed by atoms with Crippen molar-refractivity contribution in [2.45, 2.75) is 57.2 Å². The van der Waals surface area contributed by atoms with E-state index in [1.807, 2.05) is 9.80 Å². The molecule has 2 aromatic carbocycles. The van der Waals surface area contributed by atoms with Crippen molar-refractivity contribution in [2.75, 3.05) is 30.7 Å². The number of thioether (sulfide) groups is 1. The predicted molar refractivity (Wildman–Crippen MR) is 144 cm³/mol. The molecule has 192 valence electrons. The number of non-ortho nitro benzene ring substituents is 1. The van der Waals surface area contributed by atoms with Gasteiger partial charge in [0.05, 0.1) is 9.79 Å². The maximum Gasteiger partial charge on any atom is 0.321 e. The first-order valence-corrected chi connectivity index (χ1v) is 13.5. The van der Waals surface area contributed by atoms with Crippen molar-refractivity contribution in [3.05, 3.63) is 69.3 Å². The van der Waals surface area contributed by atoms with Gasteiger partial charge in [-0.1, -0.05) is 45.9 Å². The van der Waals surface area contributed by atoms with Gasteiger partial charge in [0.25, 0.3) is 11.6 Å². The number of hydrogen-bond acceptors (Lipinski definition) is 5. The Labute approximate surface area is 216 Å². The predicted octanol–water partition coefficient (Wildman–Crippen LogP) is 6.05. The maximum atomic E-state index is 13.3. The number of urea groups is 1. The zero-order valence-electron chi connectivity index (χ0n) is 21.3. The molecule has 0 atom stereocenters. The Balaban J connectivity index is 1.46. The summed E-state index contributed by atoms with van der Waals surface area (Å²) in [6, 6.07) is 11.9. The SMILES string of the molecule is CC(C)c1cccc(C(C)C)c1NC(=O)N1CCC2(CC1)SCCN2C(=O)c1ccc([N+](=O)[O-])cc1. The first-order chi connectivity index (χ1) is 17.1. The molecule has 2 heterocycles. The number of nitrogens with zero attached hydrogens (tertiary/aromatic N) is 3. The lowest BCUT2D eigenvalue weighted by Crippen LogP contribution is -2.54. The lowest BCUT2D eigenvalue weighted by Gasteiger charge is -2.44. The van der Waals surface area contributed by atoms with Crippen LogP contribution in [0.15, 0.2) is 42.5 Å². The Hall–Kier alpha value is -3.07. The Bertz CT molecular complexity index is 1110. The minimum atomic E-state index is -0.466. The van der Waals surface area contributed by atoms with Crippen molar-refractivity contribution in [3.8, 4) is 0 Å². The lowest BCUT2D eigenvalue weighted by molar-refractivity contribution is -0.384. The molecule has 1 N–H and O–H groups in total. The zero-order chi connectivity index (χ0) is 26.0. The van der Waals surface area contributed by atoms with Gasteiger partial charge >= 0.3 is 6.03 Å². The van der Waals surface area contributed by atoms with Crippen molar-refractivity contribution >= 4 is 35.1 Å². The number of amides is 3. The fourth-order valence-corrected chi connectivity index (χ4v) is 6.59. The van der Waals surface area contributed by atoms with E-state index < -0.39 is 4.92 Å². The zero-order valence-corrected chi connectivity index (χ0v) is 22.1. The average molecular weight is 511 g/mol. The molecule has 1 spiro atoms. The topological polar surface area (TPSA) is 95.8 Å². The molecule has 9 heteroatoms. The van der Waals surface area contributed by atoms with Gasteiger partial charge in [-0.05, 0) is 47.9 Å². The molecule has 0 bridgehead atoms. The first-order valence-electron chi connectivity index (χ1n) is 12.5. The minimum absolute atomic E-state index is 0.0314. The van der Waals surface area contributed by atoms with E-state index in [-0.39, 0.29) is 34.3 Å². The molecule has 0 aliphatic carbocycles. The van der Waals surface area contributed by atoms with Crippen LogP contribution in [-0.4, -0.2) is 56.9 Å². The molecule has 0 unspecified atom stereocenters. The number of carbonyl (C=O) groups is 2. The maximum absolute atomic E-state index is 13.3. The van der Waals surface area contributed by atoms with Gasteiger partial charge in [0.1, 0.15) is 0 Å². The van der Waals surface area contributed by atoms with Gasteiger partial charge in [-0.3, -0.25) is 14.9 Å². The van der Waals surface area contributed by atoms with Gasteiger partial charge < -0.3 is 15.1 Å². The Morgan fingerprint density at radius 2 is 1.56 bits per heavy atom. The molecule has 4 rings (SSSR count). The summed E-state index contributed by atoms with van der Waals surface area (Å²) >= 11 is 1.77. The molecular weight excluding hydrogens is 476 g/mol. The van der Waals surface area contributed by atoms with Crippen LogP contribution in [0.5, 0.6) is 0 Å². The summed E-state index contributed by atoms with van der Waals surface area (Å²) in [4.78, 5) is 40.5. The number of anilines is 1. The van der Waals surface area contributed by atoms with Crippen molar-refractivity contribution in [1.29, 1.82) is 0 Å². The number of rotatable bonds is 5. The van der Waals surface area contributed by atoms with Crippen molar-refractivity contribution in [1.82, 2.24) is 9.80 Å². The second-order valence-corrected chi connectivity index (χ2v) is 11.6. The minimum Gasteiger partial charge on any atom is -0.324 e. The molecule has 2 fully saturated rings. The van der Waals surface area contributed by atoms with E-state index in [1.54, 1.807) is 11.8 Å². The van der Waals surface area contributed by atoms with Crippen LogP contribution in [0.4, 0.5) is 16.2 Å². The van der Waals surface area contributed by atoms with Crippen LogP contribution in [0.2, 0.25) is 0 Å². The molecule has 36 heavy (non-hydrogen) atoms. The van der Waals surface area contributed by atoms with Crippen LogP contribution in [0.25, 0.3) is 0 Å². The molecule has 0 saturated carbocycles. The number of nitrogens with one attached hydrogen (secondary N) is 1. The number of hydrogen-bond donors (Lipinski definition) is 1. The van der Waals surface area contributed by atoms with E-state index >= 15 is 0 Å². The number of para-hydroxylation sites is 1. The summed E-state index contributed by atoms with van der Waals surface area (Å²) in [5, 5.41) is 14.2. The van der Waals surface area contributed by atoms with Crippen molar-refractivity contribution < 1.29 is 14.5 Å². The van der Waals surface area contributed by atoms with Crippen LogP contribution < -0.4 is 5.32 Å². The van der Waals surface area contributed by atoms with E-state index in [4.69, 9.17) is 0 Å². The highest BCUT2D eigenvalue weighted by Crippen LogP contribution is 2.45. The van der Waals surface area contributed by atoms with Gasteiger partial charge in [-0.15, -0.1) is 11.8 Å². The molecule has 2 aromatic rings. The Kier molecular flexibility index (Phi) is 7.59. The second-order valence-electron chi connectivity index (χ2n) is 10.1. The molecule has 3 amide bonds. The fourth-order valence-electron chi connectivity index (χ4n) is 5.13. The molecule has 2 saturated heterocycles. The normalized spacial score (nSPS) is 17.2. The average Bonchev–Trinajstić information content (AvgIpc) is 3.26. The van der Waals surface area contributed by atoms with Crippen LogP contribution in [-0.2, 0) is 0 Å². The standard InChI is InChI=1S/C27H34N4O4S/c1-18(2)22-6-5-7-23(19(3)4)24(22)28-26(33)29-14-12-27(13-15-29)30(16-17-36-27)25(32)20-8-10-21(11-9-20)31(34)35/h5-11,18-19H,12-17H2,1-4H3,(H,28,33). The van der Waals surface area contributed by atoms with E-state index in [1.165, 1.54) is 24.3 Å². The molecule has 8 nitrogen and oxygen atoms in total. The number of likely N-dealkylation sites (tertiary alicyclic amines) is 1. The number of benzene rings is 2. The van der Waals surface area contributed by atoms with Crippen LogP contribution >= 0.6 is 11.8 Å². The third-order valence-corrected chi connectivity index (χ3v) is 8.74. The first kappa shape index (κ1) is 26.0. The largest absolute Gasteiger partial charge is 0.324 e. The molecule has 2 aliphatic rings. The summed E-state index contributed by atoms with van der Waals surface area (Å²) < 4.78 is 0. The van der Waals surface area contributed by atoms with Gasteiger partial charge in [-0.25, -0.2) is 4.79 Å². The van der Waals surface area contributed by atoms with E-state index in [0.717, 1.165) is 22.6 Å². The van der Waals surface area contributed by atoms with E-state index in [2.05, 4.69) is 51.2 Å². The smallest absolute Gasteiger partial charge is 0.321 e. The summed E-state index contributed by atoms with van der Waals surface area (Å²) in [7, 11) is 0. The van der Waals surface area contributed by atoms with Crippen LogP contribution in [0.1, 0.15) is 73.9 Å². The summed E-state index contributed by atoms with van der Waals surface area (Å²) in [5.74, 6) is 1.31. The molecular formula is C27H34N4O4S. The third-order valence-electron chi connectivity index (χ3n) is 7.18. The highest BCUT2D eigenvalue weighted by Gasteiger charge is 2.47. The van der Waals surface area contributed by atoms with Crippen molar-refractivity contribution in [3.63, 3.8) is 0 Å². The van der Waals surface area contributed by atoms with Crippen LogP contribution in [0, 0.1) is 10.1 Å². The number of nitro groups is 1. The summed E-state index contributed by atoms with van der Waals surface area (Å²) in [5.41, 5.74) is 3.60. The molecule has 0 aromatic heterocycles. The fraction of sp³-hybridized carbons (Fsp3) is 0.481. The Morgan fingerprint density at radius 1 is 0.972 bits per heavy atom.